The van der Waals surface area contributed by atoms with E-state index >= 15 is 0 Å². The van der Waals surface area contributed by atoms with Crippen molar-refractivity contribution in [2.24, 2.45) is 51.4 Å². The first kappa shape index (κ1) is 78.7. The SMILES string of the molecule is CC[C@H](C)[C@H](NC(=O)[C@H](CCC(=O)O)NC(=O)[C@H](C)NC(=O)[C@H](CC(C)C)NC(=O)[C@H](CCC(N)=O)NC(=O)[C@H](CCCN=C(N)N)NC(=O)[C@H](C)N1C/C=C/CCC(=O)N[C@@H](CCC(N)=O)C(=O)N[C@@H](CC(C)C)C1=O)C(=O)N[C@@H](Cc1ccc(O)cc1)C(N)=O. The molecule has 1 aromatic rings. The molecule has 1 aliphatic heterocycles. The van der Waals surface area contributed by atoms with E-state index in [0.29, 0.717) is 12.0 Å². The third-order valence-electron chi connectivity index (χ3n) is 14.9. The molecular weight excluding hydrogens is 1200 g/mol. The number of phenolic OH excluding ortho intramolecular Hbond substituents is 1. The number of primary amides is 3. The molecule has 0 aliphatic carbocycles. The van der Waals surface area contributed by atoms with Gasteiger partial charge in [-0.25, -0.2) is 0 Å². The summed E-state index contributed by atoms with van der Waals surface area (Å²) in [5.41, 5.74) is 28.1. The largest absolute Gasteiger partial charge is 0.508 e. The number of phenols is 1. The molecule has 0 saturated heterocycles. The number of benzene rings is 1. The number of carbonyl (C=O) groups is 14. The number of amides is 13. The number of hydrogen-bond donors (Lipinski definition) is 16. The van der Waals surface area contributed by atoms with Crippen LogP contribution in [0.2, 0.25) is 0 Å². The van der Waals surface area contributed by atoms with Gasteiger partial charge in [0.15, 0.2) is 5.96 Å². The van der Waals surface area contributed by atoms with Gasteiger partial charge >= 0.3 is 5.97 Å². The topological polar surface area (TPSA) is 533 Å². The van der Waals surface area contributed by atoms with Crippen molar-refractivity contribution >= 4 is 88.7 Å². The minimum Gasteiger partial charge on any atom is -0.508 e. The maximum atomic E-state index is 14.6. The Morgan fingerprint density at radius 3 is 1.72 bits per heavy atom. The lowest BCUT2D eigenvalue weighted by Gasteiger charge is -2.33. The smallest absolute Gasteiger partial charge is 0.303 e. The van der Waals surface area contributed by atoms with E-state index in [4.69, 9.17) is 28.7 Å². The third-order valence-corrected chi connectivity index (χ3v) is 14.9. The number of aliphatic imine (C=N–C) groups is 1. The minimum atomic E-state index is -1.62. The van der Waals surface area contributed by atoms with E-state index in [1.54, 1.807) is 53.7 Å². The van der Waals surface area contributed by atoms with Crippen molar-refractivity contribution < 1.29 is 77.3 Å². The Balaban J connectivity index is 2.47. The Hall–Kier alpha value is -9.39. The summed E-state index contributed by atoms with van der Waals surface area (Å²) < 4.78 is 0. The highest BCUT2D eigenvalue weighted by molar-refractivity contribution is 5.99. The van der Waals surface area contributed by atoms with Gasteiger partial charge in [0.1, 0.15) is 66.2 Å². The van der Waals surface area contributed by atoms with Crippen LogP contribution < -0.4 is 76.5 Å². The van der Waals surface area contributed by atoms with Gasteiger partial charge in [0.25, 0.3) is 0 Å². The maximum absolute atomic E-state index is 14.6. The van der Waals surface area contributed by atoms with Crippen molar-refractivity contribution in [1.29, 1.82) is 0 Å². The van der Waals surface area contributed by atoms with E-state index < -0.39 is 175 Å². The van der Waals surface area contributed by atoms with Crippen molar-refractivity contribution in [1.82, 2.24) is 52.8 Å². The fourth-order valence-electron chi connectivity index (χ4n) is 9.48. The molecule has 11 atom stereocenters. The molecule has 32 heteroatoms. The maximum Gasteiger partial charge on any atom is 0.303 e. The van der Waals surface area contributed by atoms with Crippen molar-refractivity contribution in [2.45, 2.75) is 206 Å². The van der Waals surface area contributed by atoms with Crippen LogP contribution in [0.15, 0.2) is 41.4 Å². The Morgan fingerprint density at radius 1 is 0.620 bits per heavy atom. The van der Waals surface area contributed by atoms with Crippen molar-refractivity contribution in [3.63, 3.8) is 0 Å². The van der Waals surface area contributed by atoms with Crippen molar-refractivity contribution in [2.75, 3.05) is 13.1 Å². The first-order valence-electron chi connectivity index (χ1n) is 30.7. The highest BCUT2D eigenvalue weighted by atomic mass is 16.4. The van der Waals surface area contributed by atoms with E-state index in [9.17, 15) is 77.3 Å². The van der Waals surface area contributed by atoms with E-state index in [2.05, 4.69) is 52.8 Å². The standard InChI is InChI=1S/C60H96N16O16/c1-9-33(6)49(58(91)72-42(50(63)83)30-36-16-18-37(77)19-17-36)75-56(89)41(22-25-48(81)82)69-51(84)34(7)67-57(90)43(28-31(2)3)73-55(88)40(21-24-46(62)79)71-53(86)38(14-13-26-66-60(64)65)70-52(85)35(8)76-27-12-10-11-15-47(80)68-39(20-23-45(61)78)54(87)74-44(59(76)92)29-32(4)5/h10,12,16-19,31-35,38-44,49,77H,9,11,13-15,20-30H2,1-8H3,(H2,61,78)(H2,62,79)(H2,63,83)(H,67,90)(H,68,80)(H,69,84)(H,70,85)(H,71,86)(H,72,91)(H,73,88)(H,74,87)(H,75,89)(H,81,82)(H4,64,65,66)/b12-10+/t33-,34-,35-,38-,39-,40-,41-,42-,43-,44-,49-/m0/s1. The van der Waals surface area contributed by atoms with Crippen LogP contribution in [-0.4, -0.2) is 177 Å². The van der Waals surface area contributed by atoms with E-state index in [1.165, 1.54) is 43.0 Å². The van der Waals surface area contributed by atoms with Gasteiger partial charge in [0.05, 0.1) is 0 Å². The van der Waals surface area contributed by atoms with Crippen molar-refractivity contribution in [3.05, 3.63) is 42.0 Å². The number of rotatable bonds is 37. The quantitative estimate of drug-likeness (QED) is 0.0136. The number of nitrogens with one attached hydrogen (secondary N) is 9. The molecule has 2 rings (SSSR count). The second kappa shape index (κ2) is 39.7. The average molecular weight is 1300 g/mol. The third kappa shape index (κ3) is 29.1. The summed E-state index contributed by atoms with van der Waals surface area (Å²) in [6.45, 7) is 12.7. The van der Waals surface area contributed by atoms with E-state index in [1.807, 2.05) is 0 Å². The first-order valence-corrected chi connectivity index (χ1v) is 30.7. The Morgan fingerprint density at radius 2 is 1.16 bits per heavy atom. The summed E-state index contributed by atoms with van der Waals surface area (Å²) in [4.78, 5) is 193. The van der Waals surface area contributed by atoms with Gasteiger partial charge in [-0.05, 0) is 101 Å². The van der Waals surface area contributed by atoms with Gasteiger partial charge in [-0.2, -0.15) is 0 Å². The van der Waals surface area contributed by atoms with Crippen LogP contribution in [0.5, 0.6) is 5.75 Å². The normalized spacial score (nSPS) is 17.8. The molecule has 0 saturated carbocycles. The summed E-state index contributed by atoms with van der Waals surface area (Å²) in [6.07, 6.45) is 0.941. The van der Waals surface area contributed by atoms with Crippen LogP contribution in [0.3, 0.4) is 0 Å². The molecule has 21 N–H and O–H groups in total. The molecule has 1 aliphatic rings. The van der Waals surface area contributed by atoms with Crippen LogP contribution in [0.25, 0.3) is 0 Å². The Kier molecular flexibility index (Phi) is 33.9. The fraction of sp³-hybridized carbons (Fsp3) is 0.617. The molecule has 0 unspecified atom stereocenters. The second-order valence-corrected chi connectivity index (χ2v) is 23.7. The lowest BCUT2D eigenvalue weighted by molar-refractivity contribution is -0.143. The van der Waals surface area contributed by atoms with Crippen LogP contribution in [0, 0.1) is 17.8 Å². The van der Waals surface area contributed by atoms with Crippen LogP contribution >= 0.6 is 0 Å². The van der Waals surface area contributed by atoms with Gasteiger partial charge in [-0.3, -0.25) is 72.1 Å². The summed E-state index contributed by atoms with van der Waals surface area (Å²) in [7, 11) is 0. The molecule has 0 radical (unpaired) electrons. The molecule has 0 aromatic heterocycles. The zero-order valence-corrected chi connectivity index (χ0v) is 53.7. The average Bonchev–Trinajstić information content (AvgIpc) is 1.81. The molecule has 0 fully saturated rings. The number of carbonyl (C=O) groups excluding carboxylic acids is 13. The second-order valence-electron chi connectivity index (χ2n) is 23.7. The van der Waals surface area contributed by atoms with Crippen LogP contribution in [-0.2, 0) is 73.5 Å². The lowest BCUT2D eigenvalue weighted by atomic mass is 9.96. The molecule has 0 spiro atoms. The number of hydrogen-bond acceptors (Lipinski definition) is 16. The monoisotopic (exact) mass is 1300 g/mol. The molecule has 0 bridgehead atoms. The van der Waals surface area contributed by atoms with Gasteiger partial charge < -0.3 is 91.6 Å². The van der Waals surface area contributed by atoms with Gasteiger partial charge in [-0.1, -0.05) is 72.2 Å². The predicted molar refractivity (Wildman–Crippen MR) is 336 cm³/mol. The molecular formula is C60H96N16O16. The molecule has 13 amide bonds. The van der Waals surface area contributed by atoms with Gasteiger partial charge in [0, 0.05) is 45.2 Å². The number of carboxylic acids is 1. The summed E-state index contributed by atoms with van der Waals surface area (Å²) in [5, 5.41) is 42.3. The number of guanidine groups is 1. The Labute approximate surface area is 535 Å². The molecule has 92 heavy (non-hydrogen) atoms. The highest BCUT2D eigenvalue weighted by Gasteiger charge is 2.38. The predicted octanol–water partition coefficient (Wildman–Crippen LogP) is -3.04. The molecule has 32 nitrogen and oxygen atoms in total. The lowest BCUT2D eigenvalue weighted by Crippen LogP contribution is -2.61. The summed E-state index contributed by atoms with van der Waals surface area (Å²) in [5.74, 6) is -13.9. The number of carboxylic acid groups (broad SMARTS) is 1. The first-order chi connectivity index (χ1) is 43.1. The van der Waals surface area contributed by atoms with Crippen LogP contribution in [0.1, 0.15) is 144 Å². The highest BCUT2D eigenvalue weighted by Crippen LogP contribution is 2.17. The van der Waals surface area contributed by atoms with Gasteiger partial charge in [-0.15, -0.1) is 0 Å². The number of nitrogens with zero attached hydrogens (tertiary/aromatic N) is 2. The van der Waals surface area contributed by atoms with Crippen LogP contribution in [0.4, 0.5) is 0 Å². The molecule has 1 aromatic carbocycles. The summed E-state index contributed by atoms with van der Waals surface area (Å²) >= 11 is 0. The summed E-state index contributed by atoms with van der Waals surface area (Å²) in [6, 6.07) is -8.30. The number of aliphatic carboxylic acids is 1. The minimum absolute atomic E-state index is 0.0342. The zero-order valence-electron chi connectivity index (χ0n) is 53.7. The molecule has 1 heterocycles. The zero-order chi connectivity index (χ0) is 69.5. The number of aromatic hydroxyl groups is 1. The van der Waals surface area contributed by atoms with Crippen molar-refractivity contribution in [3.8, 4) is 5.75 Å². The number of nitrogens with two attached hydrogens (primary N) is 5. The van der Waals surface area contributed by atoms with E-state index in [-0.39, 0.29) is 94.4 Å². The molecule has 512 valence electrons. The number of allylic oxidation sites excluding steroid dienone is 1. The Bertz CT molecular complexity index is 2810. The fourth-order valence-corrected chi connectivity index (χ4v) is 9.48. The van der Waals surface area contributed by atoms with E-state index in [0.717, 1.165) is 0 Å². The van der Waals surface area contributed by atoms with Gasteiger partial charge in [0.2, 0.25) is 76.8 Å².